The van der Waals surface area contributed by atoms with Crippen molar-refractivity contribution in [2.45, 2.75) is 5.92 Å². The Hall–Kier alpha value is -0.230. The number of alkyl halides is 2. The molecule has 0 fully saturated rings. The first kappa shape index (κ1) is 18.8. The molecule has 1 aromatic rings. The van der Waals surface area contributed by atoms with Crippen molar-refractivity contribution in [1.82, 2.24) is 0 Å². The second-order valence-corrected chi connectivity index (χ2v) is 5.41. The van der Waals surface area contributed by atoms with Crippen molar-refractivity contribution >= 4 is 7.60 Å². The van der Waals surface area contributed by atoms with E-state index < -0.39 is 24.8 Å². The van der Waals surface area contributed by atoms with Crippen LogP contribution in [0.1, 0.15) is 5.56 Å². The molecule has 0 radical (unpaired) electrons. The van der Waals surface area contributed by atoms with Crippen LogP contribution in [0, 0.1) is 0 Å². The summed E-state index contributed by atoms with van der Waals surface area (Å²) in [7, 11) is -1.89. The molecule has 0 aliphatic rings. The van der Waals surface area contributed by atoms with Gasteiger partial charge in [-0.3, -0.25) is 4.57 Å². The van der Waals surface area contributed by atoms with Crippen molar-refractivity contribution in [3.05, 3.63) is 47.5 Å². The summed E-state index contributed by atoms with van der Waals surface area (Å²) in [5.74, 6) is -5.10. The molecule has 1 rings (SSSR count). The van der Waals surface area contributed by atoms with E-state index in [4.69, 9.17) is 0 Å². The minimum Gasteiger partial charge on any atom is -0.871 e. The van der Waals surface area contributed by atoms with Crippen LogP contribution in [0.25, 0.3) is 0 Å². The second-order valence-electron chi connectivity index (χ2n) is 3.34. The fourth-order valence-electron chi connectivity index (χ4n) is 1.19. The predicted molar refractivity (Wildman–Crippen MR) is 60.0 cm³/mol. The summed E-state index contributed by atoms with van der Waals surface area (Å²) in [6.07, 6.45) is 0. The minimum atomic E-state index is -3.91. The van der Waals surface area contributed by atoms with Gasteiger partial charge >= 0.3 is 37.2 Å². The molecule has 0 atom stereocenters. The van der Waals surface area contributed by atoms with E-state index >= 15 is 0 Å². The van der Waals surface area contributed by atoms with Gasteiger partial charge in [0.1, 0.15) is 0 Å². The minimum absolute atomic E-state index is 0. The van der Waals surface area contributed by atoms with Gasteiger partial charge in [0, 0.05) is 25.6 Å². The van der Waals surface area contributed by atoms with Crippen molar-refractivity contribution in [2.75, 3.05) is 14.2 Å². The molecule has 0 bridgehead atoms. The number of hydrogen-bond donors (Lipinski definition) is 0. The van der Waals surface area contributed by atoms with E-state index in [9.17, 15) is 18.5 Å². The van der Waals surface area contributed by atoms with Crippen LogP contribution < -0.4 is 34.7 Å². The Morgan fingerprint density at radius 2 is 1.74 bits per heavy atom. The van der Waals surface area contributed by atoms with Crippen LogP contribution in [0.3, 0.4) is 0 Å². The first-order valence-electron chi connectivity index (χ1n) is 4.90. The fourth-order valence-corrected chi connectivity index (χ4v) is 2.00. The van der Waals surface area contributed by atoms with Gasteiger partial charge in [0.15, 0.2) is 0 Å². The summed E-state index contributed by atoms with van der Waals surface area (Å²) in [4.78, 5) is 0. The van der Waals surface area contributed by atoms with E-state index in [1.165, 1.54) is 12.1 Å². The molecular formula is C11H12F2NaO4P. The maximum absolute atomic E-state index is 13.7. The molecule has 0 heterocycles. The van der Waals surface area contributed by atoms with E-state index in [0.717, 1.165) is 26.4 Å². The zero-order valence-electron chi connectivity index (χ0n) is 10.8. The third kappa shape index (κ3) is 4.67. The van der Waals surface area contributed by atoms with Gasteiger partial charge in [0.05, 0.1) is 0 Å². The molecule has 4 nitrogen and oxygen atoms in total. The number of allylic oxidation sites excluding steroid dienone is 1. The van der Waals surface area contributed by atoms with Crippen LogP contribution in [0.5, 0.6) is 0 Å². The monoisotopic (exact) mass is 300 g/mol. The standard InChI is InChI=1S/C11H13F2O4P.Na/c1-16-18(15,17-2)8-10(14)11(12,13)9-6-4-3-5-7-9;/h3-8,14H,1-2H3;/q;+1/p-1. The number of halogens is 2. The smallest absolute Gasteiger partial charge is 0.871 e. The Balaban J connectivity index is 0.00000324. The Labute approximate surface area is 132 Å². The third-order valence-corrected chi connectivity index (χ3v) is 3.80. The van der Waals surface area contributed by atoms with Gasteiger partial charge in [0.25, 0.3) is 5.92 Å². The molecule has 0 aliphatic carbocycles. The van der Waals surface area contributed by atoms with Crippen LogP contribution in [0.15, 0.2) is 41.9 Å². The van der Waals surface area contributed by atoms with E-state index in [1.807, 2.05) is 0 Å². The summed E-state index contributed by atoms with van der Waals surface area (Å²) in [6, 6.07) is 6.51. The molecule has 0 saturated carbocycles. The maximum atomic E-state index is 13.7. The van der Waals surface area contributed by atoms with E-state index in [1.54, 1.807) is 6.07 Å². The van der Waals surface area contributed by atoms with Crippen molar-refractivity contribution in [2.24, 2.45) is 0 Å². The maximum Gasteiger partial charge on any atom is 1.00 e. The molecule has 1 aromatic carbocycles. The van der Waals surface area contributed by atoms with E-state index in [-0.39, 0.29) is 29.6 Å². The summed E-state index contributed by atoms with van der Waals surface area (Å²) < 4.78 is 47.9. The molecular weight excluding hydrogens is 288 g/mol. The normalized spacial score (nSPS) is 12.9. The molecule has 0 amide bonds. The molecule has 0 unspecified atom stereocenters. The largest absolute Gasteiger partial charge is 1.00 e. The van der Waals surface area contributed by atoms with Crippen LogP contribution in [0.2, 0.25) is 0 Å². The number of rotatable bonds is 5. The predicted octanol–water partition coefficient (Wildman–Crippen LogP) is -0.530. The summed E-state index contributed by atoms with van der Waals surface area (Å²) in [6.45, 7) is 0. The van der Waals surface area contributed by atoms with Crippen LogP contribution >= 0.6 is 7.60 Å². The zero-order valence-corrected chi connectivity index (χ0v) is 13.7. The summed E-state index contributed by atoms with van der Waals surface area (Å²) in [5, 5.41) is 11.5. The van der Waals surface area contributed by atoms with Gasteiger partial charge in [-0.05, 0) is 5.76 Å². The van der Waals surface area contributed by atoms with E-state index in [2.05, 4.69) is 9.05 Å². The summed E-state index contributed by atoms with van der Waals surface area (Å²) in [5.41, 5.74) is -0.481. The van der Waals surface area contributed by atoms with Crippen LogP contribution in [-0.2, 0) is 19.5 Å². The fraction of sp³-hybridized carbons (Fsp3) is 0.273. The average molecular weight is 300 g/mol. The molecule has 100 valence electrons. The van der Waals surface area contributed by atoms with Gasteiger partial charge in [-0.2, -0.15) is 8.78 Å². The average Bonchev–Trinajstić information content (AvgIpc) is 2.39. The Kier molecular flexibility index (Phi) is 7.43. The van der Waals surface area contributed by atoms with Gasteiger partial charge in [-0.1, -0.05) is 30.3 Å². The first-order chi connectivity index (χ1) is 8.35. The molecule has 0 spiro atoms. The third-order valence-electron chi connectivity index (χ3n) is 2.23. The molecule has 0 N–H and O–H groups in total. The molecule has 0 saturated heterocycles. The van der Waals surface area contributed by atoms with Crippen molar-refractivity contribution in [1.29, 1.82) is 0 Å². The van der Waals surface area contributed by atoms with Gasteiger partial charge < -0.3 is 14.2 Å². The van der Waals surface area contributed by atoms with Gasteiger partial charge in [-0.15, -0.1) is 0 Å². The summed E-state index contributed by atoms with van der Waals surface area (Å²) >= 11 is 0. The van der Waals surface area contributed by atoms with E-state index in [0.29, 0.717) is 5.82 Å². The Bertz CT molecular complexity index is 471. The molecule has 0 aromatic heterocycles. The van der Waals surface area contributed by atoms with Crippen molar-refractivity contribution < 1.29 is 57.1 Å². The number of benzene rings is 1. The molecule has 8 heteroatoms. The zero-order chi connectivity index (χ0) is 13.8. The topological polar surface area (TPSA) is 58.6 Å². The van der Waals surface area contributed by atoms with Crippen LogP contribution in [-0.4, -0.2) is 14.2 Å². The van der Waals surface area contributed by atoms with Crippen molar-refractivity contribution in [3.63, 3.8) is 0 Å². The van der Waals surface area contributed by atoms with Gasteiger partial charge in [0.2, 0.25) is 0 Å². The number of hydrogen-bond acceptors (Lipinski definition) is 4. The van der Waals surface area contributed by atoms with Gasteiger partial charge in [-0.25, -0.2) is 0 Å². The molecule has 19 heavy (non-hydrogen) atoms. The Morgan fingerprint density at radius 1 is 1.26 bits per heavy atom. The van der Waals surface area contributed by atoms with Crippen molar-refractivity contribution in [3.8, 4) is 0 Å². The Morgan fingerprint density at radius 3 is 2.16 bits per heavy atom. The quantitative estimate of drug-likeness (QED) is 0.417. The SMILES string of the molecule is COP(=O)(C=C([O-])C(F)(F)c1ccccc1)OC.[Na+]. The first-order valence-corrected chi connectivity index (χ1v) is 6.52. The second kappa shape index (κ2) is 7.53. The van der Waals surface area contributed by atoms with Crippen LogP contribution in [0.4, 0.5) is 8.78 Å². The molecule has 0 aliphatic heterocycles.